The maximum atomic E-state index is 11.8. The van der Waals surface area contributed by atoms with E-state index in [-0.39, 0.29) is 17.5 Å². The molecular weight excluding hydrogens is 204 g/mol. The van der Waals surface area contributed by atoms with Crippen LogP contribution < -0.4 is 11.1 Å². The molecule has 2 unspecified atom stereocenters. The molecule has 0 spiro atoms. The maximum absolute atomic E-state index is 11.8. The summed E-state index contributed by atoms with van der Waals surface area (Å²) in [6.45, 7) is 3.65. The standard InChI is InChI=1S/C12H22N2O2/c1-9(10-3-6-16-8-10)14-11(15)7-12(13)4-2-5-12/h9-10H,2-8,13H2,1H3,(H,14,15). The van der Waals surface area contributed by atoms with Crippen LogP contribution in [0.2, 0.25) is 0 Å². The van der Waals surface area contributed by atoms with Crippen LogP contribution in [-0.2, 0) is 9.53 Å². The van der Waals surface area contributed by atoms with Gasteiger partial charge in [-0.2, -0.15) is 0 Å². The van der Waals surface area contributed by atoms with Gasteiger partial charge in [0, 0.05) is 30.5 Å². The molecule has 2 atom stereocenters. The van der Waals surface area contributed by atoms with Gasteiger partial charge in [-0.3, -0.25) is 4.79 Å². The Morgan fingerprint density at radius 1 is 1.62 bits per heavy atom. The van der Waals surface area contributed by atoms with Gasteiger partial charge in [-0.05, 0) is 32.6 Å². The van der Waals surface area contributed by atoms with Gasteiger partial charge in [0.15, 0.2) is 0 Å². The van der Waals surface area contributed by atoms with E-state index in [1.54, 1.807) is 0 Å². The van der Waals surface area contributed by atoms with Gasteiger partial charge in [0.05, 0.1) is 6.61 Å². The van der Waals surface area contributed by atoms with Crippen LogP contribution in [0.25, 0.3) is 0 Å². The van der Waals surface area contributed by atoms with Gasteiger partial charge in [-0.1, -0.05) is 0 Å². The maximum Gasteiger partial charge on any atom is 0.222 e. The van der Waals surface area contributed by atoms with Crippen molar-refractivity contribution < 1.29 is 9.53 Å². The number of hydrogen-bond acceptors (Lipinski definition) is 3. The van der Waals surface area contributed by atoms with Crippen LogP contribution in [-0.4, -0.2) is 30.7 Å². The van der Waals surface area contributed by atoms with E-state index in [1.807, 2.05) is 0 Å². The van der Waals surface area contributed by atoms with Gasteiger partial charge in [0.2, 0.25) is 5.91 Å². The topological polar surface area (TPSA) is 64.4 Å². The molecule has 16 heavy (non-hydrogen) atoms. The van der Waals surface area contributed by atoms with Crippen molar-refractivity contribution >= 4 is 5.91 Å². The first-order valence-corrected chi connectivity index (χ1v) is 6.25. The zero-order chi connectivity index (χ0) is 11.6. The molecule has 1 aliphatic carbocycles. The summed E-state index contributed by atoms with van der Waals surface area (Å²) in [5, 5.41) is 3.05. The molecule has 4 nitrogen and oxygen atoms in total. The van der Waals surface area contributed by atoms with E-state index < -0.39 is 0 Å². The number of nitrogens with one attached hydrogen (secondary N) is 1. The molecule has 1 saturated heterocycles. The van der Waals surface area contributed by atoms with Gasteiger partial charge in [-0.15, -0.1) is 0 Å². The van der Waals surface area contributed by atoms with Crippen molar-refractivity contribution in [2.24, 2.45) is 11.7 Å². The summed E-state index contributed by atoms with van der Waals surface area (Å²) >= 11 is 0. The second kappa shape index (κ2) is 4.72. The summed E-state index contributed by atoms with van der Waals surface area (Å²) in [5.41, 5.74) is 5.84. The van der Waals surface area contributed by atoms with Crippen LogP contribution in [0, 0.1) is 5.92 Å². The molecule has 0 radical (unpaired) electrons. The fourth-order valence-electron chi connectivity index (χ4n) is 2.50. The molecule has 4 heteroatoms. The quantitative estimate of drug-likeness (QED) is 0.745. The molecule has 1 amide bonds. The van der Waals surface area contributed by atoms with Gasteiger partial charge in [0.25, 0.3) is 0 Å². The molecule has 92 valence electrons. The smallest absolute Gasteiger partial charge is 0.222 e. The van der Waals surface area contributed by atoms with E-state index in [4.69, 9.17) is 10.5 Å². The average molecular weight is 226 g/mol. The second-order valence-electron chi connectivity index (χ2n) is 5.37. The fourth-order valence-corrected chi connectivity index (χ4v) is 2.50. The van der Waals surface area contributed by atoms with Crippen molar-refractivity contribution in [1.82, 2.24) is 5.32 Å². The SMILES string of the molecule is CC(NC(=O)CC1(N)CCC1)C1CCOC1. The summed E-state index contributed by atoms with van der Waals surface area (Å²) in [7, 11) is 0. The monoisotopic (exact) mass is 226 g/mol. The number of rotatable bonds is 4. The van der Waals surface area contributed by atoms with Crippen molar-refractivity contribution in [2.75, 3.05) is 13.2 Å². The lowest BCUT2D eigenvalue weighted by Gasteiger charge is -2.37. The van der Waals surface area contributed by atoms with Gasteiger partial charge in [-0.25, -0.2) is 0 Å². The molecule has 1 saturated carbocycles. The first kappa shape index (κ1) is 11.9. The predicted molar refractivity (Wildman–Crippen MR) is 61.9 cm³/mol. The van der Waals surface area contributed by atoms with E-state index >= 15 is 0 Å². The van der Waals surface area contributed by atoms with Crippen LogP contribution in [0.4, 0.5) is 0 Å². The molecule has 1 heterocycles. The van der Waals surface area contributed by atoms with E-state index in [1.165, 1.54) is 0 Å². The minimum Gasteiger partial charge on any atom is -0.381 e. The third-order valence-electron chi connectivity index (χ3n) is 3.92. The molecule has 0 aromatic rings. The van der Waals surface area contributed by atoms with Crippen molar-refractivity contribution in [3.63, 3.8) is 0 Å². The van der Waals surface area contributed by atoms with Crippen LogP contribution in [0.3, 0.4) is 0 Å². The molecule has 0 aromatic carbocycles. The number of nitrogens with two attached hydrogens (primary N) is 1. The number of carbonyl (C=O) groups is 1. The number of carbonyl (C=O) groups excluding carboxylic acids is 1. The lowest BCUT2D eigenvalue weighted by atomic mass is 9.75. The molecule has 2 aliphatic rings. The van der Waals surface area contributed by atoms with Crippen molar-refractivity contribution in [3.8, 4) is 0 Å². The summed E-state index contributed by atoms with van der Waals surface area (Å²) in [5.74, 6) is 0.570. The van der Waals surface area contributed by atoms with Crippen LogP contribution >= 0.6 is 0 Å². The largest absolute Gasteiger partial charge is 0.381 e. The Labute approximate surface area is 96.9 Å². The Kier molecular flexibility index (Phi) is 3.50. The van der Waals surface area contributed by atoms with Crippen LogP contribution in [0.1, 0.15) is 39.0 Å². The molecule has 3 N–H and O–H groups in total. The minimum atomic E-state index is -0.212. The third kappa shape index (κ3) is 2.74. The Morgan fingerprint density at radius 2 is 2.38 bits per heavy atom. The fraction of sp³-hybridized carbons (Fsp3) is 0.917. The molecule has 2 rings (SSSR count). The lowest BCUT2D eigenvalue weighted by molar-refractivity contribution is -0.123. The Balaban J connectivity index is 1.73. The molecule has 0 bridgehead atoms. The summed E-state index contributed by atoms with van der Waals surface area (Å²) < 4.78 is 5.32. The third-order valence-corrected chi connectivity index (χ3v) is 3.92. The van der Waals surface area contributed by atoms with Crippen LogP contribution in [0.5, 0.6) is 0 Å². The van der Waals surface area contributed by atoms with Crippen molar-refractivity contribution in [3.05, 3.63) is 0 Å². The summed E-state index contributed by atoms with van der Waals surface area (Å²) in [6, 6.07) is 0.207. The molecule has 0 aromatic heterocycles. The zero-order valence-electron chi connectivity index (χ0n) is 10.00. The molecule has 1 aliphatic heterocycles. The first-order chi connectivity index (χ1) is 7.59. The number of amides is 1. The van der Waals surface area contributed by atoms with Crippen molar-refractivity contribution in [2.45, 2.75) is 50.6 Å². The van der Waals surface area contributed by atoms with Crippen molar-refractivity contribution in [1.29, 1.82) is 0 Å². The molecule has 2 fully saturated rings. The second-order valence-corrected chi connectivity index (χ2v) is 5.37. The Bertz CT molecular complexity index is 258. The highest BCUT2D eigenvalue weighted by Crippen LogP contribution is 2.32. The normalized spacial score (nSPS) is 29.5. The van der Waals surface area contributed by atoms with Gasteiger partial charge in [0.1, 0.15) is 0 Å². The minimum absolute atomic E-state index is 0.0987. The van der Waals surface area contributed by atoms with Crippen LogP contribution in [0.15, 0.2) is 0 Å². The first-order valence-electron chi connectivity index (χ1n) is 6.25. The molecular formula is C12H22N2O2. The highest BCUT2D eigenvalue weighted by molar-refractivity contribution is 5.77. The Morgan fingerprint density at radius 3 is 2.88 bits per heavy atom. The number of ether oxygens (including phenoxy) is 1. The lowest BCUT2D eigenvalue weighted by Crippen LogP contribution is -2.51. The van der Waals surface area contributed by atoms with E-state index in [9.17, 15) is 4.79 Å². The Hall–Kier alpha value is -0.610. The zero-order valence-corrected chi connectivity index (χ0v) is 10.00. The van der Waals surface area contributed by atoms with E-state index in [0.29, 0.717) is 12.3 Å². The summed E-state index contributed by atoms with van der Waals surface area (Å²) in [4.78, 5) is 11.8. The number of hydrogen-bond donors (Lipinski definition) is 2. The van der Waals surface area contributed by atoms with Gasteiger partial charge >= 0.3 is 0 Å². The highest BCUT2D eigenvalue weighted by Gasteiger charge is 2.35. The van der Waals surface area contributed by atoms with Gasteiger partial charge < -0.3 is 15.8 Å². The highest BCUT2D eigenvalue weighted by atomic mass is 16.5. The predicted octanol–water partition coefficient (Wildman–Crippen LogP) is 0.799. The summed E-state index contributed by atoms with van der Waals surface area (Å²) in [6.07, 6.45) is 4.67. The van der Waals surface area contributed by atoms with E-state index in [0.717, 1.165) is 38.9 Å². The average Bonchev–Trinajstić information content (AvgIpc) is 2.67. The van der Waals surface area contributed by atoms with E-state index in [2.05, 4.69) is 12.2 Å².